The number of hydrogen-bond donors (Lipinski definition) is 1. The smallest absolute Gasteiger partial charge is 0.317 e. The summed E-state index contributed by atoms with van der Waals surface area (Å²) in [5, 5.41) is 2.72. The van der Waals surface area contributed by atoms with Crippen LogP contribution in [0.25, 0.3) is 0 Å². The highest BCUT2D eigenvalue weighted by atomic mass is 19.1. The molecule has 4 rings (SSSR count). The van der Waals surface area contributed by atoms with Gasteiger partial charge in [-0.2, -0.15) is 0 Å². The van der Waals surface area contributed by atoms with E-state index in [-0.39, 0.29) is 17.4 Å². The van der Waals surface area contributed by atoms with E-state index in [9.17, 15) is 9.18 Å². The molecule has 2 amide bonds. The van der Waals surface area contributed by atoms with Crippen LogP contribution >= 0.6 is 0 Å². The van der Waals surface area contributed by atoms with E-state index < -0.39 is 0 Å². The zero-order chi connectivity index (χ0) is 18.9. The number of nitrogens with zero attached hydrogens (tertiary/aromatic N) is 2. The maximum absolute atomic E-state index is 13.2. The Balaban J connectivity index is 1.42. The van der Waals surface area contributed by atoms with Crippen molar-refractivity contribution in [2.75, 3.05) is 26.7 Å². The standard InChI is InChI=1S/C21H30FN3O2/c1-23-20(26)24-11-9-21(10-12-24)14-19(8-13-27-21)25(18-6-7-18)15-16-2-4-17(22)5-3-16/h2-5,18-19H,6-15H2,1H3,(H,23,26). The summed E-state index contributed by atoms with van der Waals surface area (Å²) >= 11 is 0. The van der Waals surface area contributed by atoms with Crippen molar-refractivity contribution in [3.63, 3.8) is 0 Å². The van der Waals surface area contributed by atoms with Crippen LogP contribution in [0.15, 0.2) is 24.3 Å². The lowest BCUT2D eigenvalue weighted by molar-refractivity contribution is -0.131. The molecule has 27 heavy (non-hydrogen) atoms. The average Bonchev–Trinajstić information content (AvgIpc) is 3.53. The van der Waals surface area contributed by atoms with Gasteiger partial charge in [-0.1, -0.05) is 12.1 Å². The van der Waals surface area contributed by atoms with E-state index in [1.807, 2.05) is 17.0 Å². The summed E-state index contributed by atoms with van der Waals surface area (Å²) in [6.45, 7) is 3.19. The number of nitrogens with one attached hydrogen (secondary N) is 1. The third-order valence-electron chi connectivity index (χ3n) is 6.41. The van der Waals surface area contributed by atoms with Gasteiger partial charge in [-0.3, -0.25) is 4.90 Å². The second-order valence-electron chi connectivity index (χ2n) is 8.25. The zero-order valence-corrected chi connectivity index (χ0v) is 16.1. The SMILES string of the molecule is CNC(=O)N1CCC2(CC1)CC(N(Cc1ccc(F)cc1)C1CC1)CCO2. The quantitative estimate of drug-likeness (QED) is 0.879. The van der Waals surface area contributed by atoms with Crippen LogP contribution in [0.4, 0.5) is 9.18 Å². The molecule has 5 nitrogen and oxygen atoms in total. The first-order valence-corrected chi connectivity index (χ1v) is 10.2. The van der Waals surface area contributed by atoms with E-state index in [1.165, 1.54) is 18.4 Å². The van der Waals surface area contributed by atoms with Crippen molar-refractivity contribution in [3.8, 4) is 0 Å². The van der Waals surface area contributed by atoms with Crippen molar-refractivity contribution in [1.82, 2.24) is 15.1 Å². The zero-order valence-electron chi connectivity index (χ0n) is 16.1. The van der Waals surface area contributed by atoms with Crippen molar-refractivity contribution in [3.05, 3.63) is 35.6 Å². The summed E-state index contributed by atoms with van der Waals surface area (Å²) in [6, 6.07) is 8.08. The first kappa shape index (κ1) is 18.7. The molecule has 2 aliphatic heterocycles. The van der Waals surface area contributed by atoms with E-state index in [2.05, 4.69) is 10.2 Å². The molecule has 1 aliphatic carbocycles. The lowest BCUT2D eigenvalue weighted by Crippen LogP contribution is -2.55. The predicted octanol–water partition coefficient (Wildman–Crippen LogP) is 3.14. The molecule has 0 aromatic heterocycles. The van der Waals surface area contributed by atoms with Crippen LogP contribution in [-0.2, 0) is 11.3 Å². The van der Waals surface area contributed by atoms with Crippen LogP contribution in [0.3, 0.4) is 0 Å². The predicted molar refractivity (Wildman–Crippen MR) is 102 cm³/mol. The van der Waals surface area contributed by atoms with Gasteiger partial charge in [0.1, 0.15) is 5.82 Å². The minimum Gasteiger partial charge on any atom is -0.375 e. The van der Waals surface area contributed by atoms with Gasteiger partial charge >= 0.3 is 6.03 Å². The van der Waals surface area contributed by atoms with Crippen LogP contribution in [-0.4, -0.2) is 60.3 Å². The number of rotatable bonds is 4. The molecule has 1 unspecified atom stereocenters. The van der Waals surface area contributed by atoms with E-state index in [0.717, 1.165) is 51.9 Å². The van der Waals surface area contributed by atoms with E-state index >= 15 is 0 Å². The van der Waals surface area contributed by atoms with Crippen molar-refractivity contribution < 1.29 is 13.9 Å². The number of amides is 2. The number of halogens is 1. The monoisotopic (exact) mass is 375 g/mol. The number of hydrogen-bond acceptors (Lipinski definition) is 3. The second kappa shape index (κ2) is 7.76. The fourth-order valence-corrected chi connectivity index (χ4v) is 4.67. The van der Waals surface area contributed by atoms with Crippen LogP contribution in [0.1, 0.15) is 44.1 Å². The second-order valence-corrected chi connectivity index (χ2v) is 8.25. The number of carbonyl (C=O) groups is 1. The van der Waals surface area contributed by atoms with E-state index in [1.54, 1.807) is 19.2 Å². The number of carbonyl (C=O) groups excluding carboxylic acids is 1. The molecule has 2 heterocycles. The molecule has 1 aromatic carbocycles. The first-order chi connectivity index (χ1) is 13.1. The highest BCUT2D eigenvalue weighted by Crippen LogP contribution is 2.40. The summed E-state index contributed by atoms with van der Waals surface area (Å²) in [7, 11) is 1.68. The number of benzene rings is 1. The fraction of sp³-hybridized carbons (Fsp3) is 0.667. The Hall–Kier alpha value is -1.66. The normalized spacial score (nSPS) is 25.0. The molecule has 3 aliphatic rings. The van der Waals surface area contributed by atoms with Gasteiger partial charge in [0, 0.05) is 45.4 Å². The highest BCUT2D eigenvalue weighted by molar-refractivity contribution is 5.73. The molecule has 1 N–H and O–H groups in total. The largest absolute Gasteiger partial charge is 0.375 e. The molecule has 1 aromatic rings. The molecule has 0 radical (unpaired) electrons. The van der Waals surface area contributed by atoms with Gasteiger partial charge in [0.05, 0.1) is 5.60 Å². The van der Waals surface area contributed by atoms with Crippen LogP contribution < -0.4 is 5.32 Å². The van der Waals surface area contributed by atoms with Crippen molar-refractivity contribution in [1.29, 1.82) is 0 Å². The van der Waals surface area contributed by atoms with Gasteiger partial charge in [-0.15, -0.1) is 0 Å². The van der Waals surface area contributed by atoms with Crippen LogP contribution in [0.2, 0.25) is 0 Å². The van der Waals surface area contributed by atoms with E-state index in [0.29, 0.717) is 12.1 Å². The Morgan fingerprint density at radius 2 is 1.93 bits per heavy atom. The van der Waals surface area contributed by atoms with Crippen LogP contribution in [0, 0.1) is 5.82 Å². The Bertz CT molecular complexity index is 654. The molecule has 1 atom stereocenters. The molecule has 1 saturated carbocycles. The van der Waals surface area contributed by atoms with Crippen molar-refractivity contribution >= 4 is 6.03 Å². The summed E-state index contributed by atoms with van der Waals surface area (Å²) < 4.78 is 19.5. The lowest BCUT2D eigenvalue weighted by Gasteiger charge is -2.48. The number of likely N-dealkylation sites (tertiary alicyclic amines) is 1. The number of urea groups is 1. The molecule has 0 bridgehead atoms. The molecule has 148 valence electrons. The van der Waals surface area contributed by atoms with E-state index in [4.69, 9.17) is 4.74 Å². The Morgan fingerprint density at radius 3 is 2.56 bits per heavy atom. The van der Waals surface area contributed by atoms with Gasteiger partial charge in [-0.05, 0) is 56.2 Å². The summed E-state index contributed by atoms with van der Waals surface area (Å²) in [6.07, 6.45) is 6.43. The molecule has 3 fully saturated rings. The third-order valence-corrected chi connectivity index (χ3v) is 6.41. The Morgan fingerprint density at radius 1 is 1.22 bits per heavy atom. The van der Waals surface area contributed by atoms with Crippen LogP contribution in [0.5, 0.6) is 0 Å². The molecule has 2 saturated heterocycles. The van der Waals surface area contributed by atoms with Crippen molar-refractivity contribution in [2.45, 2.75) is 62.8 Å². The summed E-state index contributed by atoms with van der Waals surface area (Å²) in [4.78, 5) is 16.4. The van der Waals surface area contributed by atoms with Gasteiger partial charge in [0.15, 0.2) is 0 Å². The highest BCUT2D eigenvalue weighted by Gasteiger charge is 2.44. The Kier molecular flexibility index (Phi) is 5.37. The molecular weight excluding hydrogens is 345 g/mol. The average molecular weight is 375 g/mol. The third kappa shape index (κ3) is 4.27. The fourth-order valence-electron chi connectivity index (χ4n) is 4.67. The maximum Gasteiger partial charge on any atom is 0.317 e. The number of ether oxygens (including phenoxy) is 1. The molecular formula is C21H30FN3O2. The molecule has 1 spiro atoms. The van der Waals surface area contributed by atoms with Gasteiger partial charge in [0.25, 0.3) is 0 Å². The topological polar surface area (TPSA) is 44.8 Å². The minimum atomic E-state index is -0.176. The van der Waals surface area contributed by atoms with Gasteiger partial charge < -0.3 is 15.0 Å². The minimum absolute atomic E-state index is 0.00752. The number of piperidine rings is 1. The molecule has 6 heteroatoms. The lowest BCUT2D eigenvalue weighted by atomic mass is 9.81. The van der Waals surface area contributed by atoms with Gasteiger partial charge in [-0.25, -0.2) is 9.18 Å². The Labute approximate surface area is 160 Å². The first-order valence-electron chi connectivity index (χ1n) is 10.2. The summed E-state index contributed by atoms with van der Waals surface area (Å²) in [5.74, 6) is -0.176. The summed E-state index contributed by atoms with van der Waals surface area (Å²) in [5.41, 5.74) is 1.09. The van der Waals surface area contributed by atoms with Crippen molar-refractivity contribution in [2.24, 2.45) is 0 Å². The van der Waals surface area contributed by atoms with Gasteiger partial charge in [0.2, 0.25) is 0 Å². The maximum atomic E-state index is 13.2.